The highest BCUT2D eigenvalue weighted by molar-refractivity contribution is 6.22. The lowest BCUT2D eigenvalue weighted by Gasteiger charge is -2.12. The molecule has 1 aliphatic rings. The summed E-state index contributed by atoms with van der Waals surface area (Å²) >= 11 is 0. The summed E-state index contributed by atoms with van der Waals surface area (Å²) in [6.45, 7) is 6.88. The van der Waals surface area contributed by atoms with Crippen molar-refractivity contribution in [2.75, 3.05) is 19.8 Å². The molecule has 0 N–H and O–H groups in total. The van der Waals surface area contributed by atoms with E-state index in [4.69, 9.17) is 9.47 Å². The monoisotopic (exact) mass is 343 g/mol. The molecule has 7 heteroatoms. The van der Waals surface area contributed by atoms with Gasteiger partial charge in [0.15, 0.2) is 0 Å². The first-order valence-corrected chi connectivity index (χ1v) is 7.54. The van der Waals surface area contributed by atoms with Gasteiger partial charge in [0.2, 0.25) is 0 Å². The second-order valence-electron chi connectivity index (χ2n) is 5.13. The predicted molar refractivity (Wildman–Crippen MR) is 88.1 cm³/mol. The minimum Gasteiger partial charge on any atom is -0.461 e. The molecule has 0 unspecified atom stereocenters. The van der Waals surface area contributed by atoms with Crippen LogP contribution in [0.1, 0.15) is 37.5 Å². The molecule has 0 aromatic heterocycles. The maximum atomic E-state index is 12.4. The van der Waals surface area contributed by atoms with E-state index in [1.165, 1.54) is 30.4 Å². The van der Waals surface area contributed by atoms with Gasteiger partial charge in [0.25, 0.3) is 11.8 Å². The number of fused-ring (bicyclic) bond motifs is 1. The molecule has 0 saturated heterocycles. The summed E-state index contributed by atoms with van der Waals surface area (Å²) in [5.41, 5.74) is 0.455. The summed E-state index contributed by atoms with van der Waals surface area (Å²) in [6.07, 6.45) is 2.73. The minimum atomic E-state index is -0.616. The number of carbonyl (C=O) groups is 4. The molecule has 1 heterocycles. The van der Waals surface area contributed by atoms with Gasteiger partial charge in [-0.25, -0.2) is 4.79 Å². The van der Waals surface area contributed by atoms with E-state index in [1.807, 2.05) is 0 Å². The van der Waals surface area contributed by atoms with Crippen LogP contribution in [0.3, 0.4) is 0 Å². The molecule has 2 amide bonds. The molecule has 0 aliphatic carbocycles. The Hall–Kier alpha value is -3.22. The van der Waals surface area contributed by atoms with Crippen molar-refractivity contribution in [3.8, 4) is 0 Å². The average Bonchev–Trinajstić information content (AvgIpc) is 2.86. The SMILES string of the molecule is C=CCOC(=O)CCN1C(=O)c2ccc(C(=O)OCC=C)cc2C1=O. The maximum Gasteiger partial charge on any atom is 0.338 e. The number of hydrogen-bond acceptors (Lipinski definition) is 6. The Morgan fingerprint density at radius 3 is 2.32 bits per heavy atom. The number of ether oxygens (including phenoxy) is 2. The Kier molecular flexibility index (Phi) is 5.84. The number of rotatable bonds is 8. The Balaban J connectivity index is 2.10. The third-order valence-corrected chi connectivity index (χ3v) is 3.44. The van der Waals surface area contributed by atoms with Gasteiger partial charge in [0.1, 0.15) is 13.2 Å². The second-order valence-corrected chi connectivity index (χ2v) is 5.13. The Morgan fingerprint density at radius 1 is 1.00 bits per heavy atom. The van der Waals surface area contributed by atoms with Crippen molar-refractivity contribution in [1.82, 2.24) is 4.90 Å². The van der Waals surface area contributed by atoms with E-state index in [1.54, 1.807) is 0 Å². The quantitative estimate of drug-likeness (QED) is 0.406. The molecule has 25 heavy (non-hydrogen) atoms. The highest BCUT2D eigenvalue weighted by Crippen LogP contribution is 2.24. The first-order chi connectivity index (χ1) is 12.0. The van der Waals surface area contributed by atoms with Crippen LogP contribution < -0.4 is 0 Å². The van der Waals surface area contributed by atoms with Crippen molar-refractivity contribution in [1.29, 1.82) is 0 Å². The highest BCUT2D eigenvalue weighted by atomic mass is 16.5. The molecular formula is C18H17NO6. The van der Waals surface area contributed by atoms with Crippen molar-refractivity contribution in [3.63, 3.8) is 0 Å². The summed E-state index contributed by atoms with van der Waals surface area (Å²) in [7, 11) is 0. The number of carbonyl (C=O) groups excluding carboxylic acids is 4. The number of amides is 2. The molecule has 0 spiro atoms. The third-order valence-electron chi connectivity index (χ3n) is 3.44. The van der Waals surface area contributed by atoms with Crippen LogP contribution in [0.15, 0.2) is 43.5 Å². The topological polar surface area (TPSA) is 90.0 Å². The maximum absolute atomic E-state index is 12.4. The van der Waals surface area contributed by atoms with Gasteiger partial charge in [-0.1, -0.05) is 25.3 Å². The van der Waals surface area contributed by atoms with Gasteiger partial charge < -0.3 is 9.47 Å². The molecule has 7 nitrogen and oxygen atoms in total. The van der Waals surface area contributed by atoms with Crippen molar-refractivity contribution < 1.29 is 28.7 Å². The molecule has 1 aromatic carbocycles. The van der Waals surface area contributed by atoms with Crippen LogP contribution in [0.5, 0.6) is 0 Å². The minimum absolute atomic E-state index is 0.0434. The van der Waals surface area contributed by atoms with Gasteiger partial charge in [0.05, 0.1) is 23.1 Å². The number of benzene rings is 1. The van der Waals surface area contributed by atoms with Crippen LogP contribution in [0.25, 0.3) is 0 Å². The molecular weight excluding hydrogens is 326 g/mol. The molecule has 0 atom stereocenters. The largest absolute Gasteiger partial charge is 0.461 e. The van der Waals surface area contributed by atoms with Gasteiger partial charge in [0, 0.05) is 6.54 Å². The molecule has 130 valence electrons. The molecule has 1 aliphatic heterocycles. The smallest absolute Gasteiger partial charge is 0.338 e. The third kappa shape index (κ3) is 4.00. The fourth-order valence-corrected chi connectivity index (χ4v) is 2.27. The Morgan fingerprint density at radius 2 is 1.64 bits per heavy atom. The zero-order valence-electron chi connectivity index (χ0n) is 13.5. The van der Waals surface area contributed by atoms with E-state index in [2.05, 4.69) is 13.2 Å². The summed E-state index contributed by atoms with van der Waals surface area (Å²) in [4.78, 5) is 49.0. The van der Waals surface area contributed by atoms with Crippen LogP contribution in [0.4, 0.5) is 0 Å². The second kappa shape index (κ2) is 8.05. The summed E-state index contributed by atoms with van der Waals surface area (Å²) in [6, 6.07) is 4.13. The van der Waals surface area contributed by atoms with Crippen molar-refractivity contribution in [3.05, 3.63) is 60.2 Å². The van der Waals surface area contributed by atoms with Crippen molar-refractivity contribution in [2.45, 2.75) is 6.42 Å². The van der Waals surface area contributed by atoms with Gasteiger partial charge in [-0.3, -0.25) is 19.3 Å². The highest BCUT2D eigenvalue weighted by Gasteiger charge is 2.36. The lowest BCUT2D eigenvalue weighted by Crippen LogP contribution is -2.32. The fourth-order valence-electron chi connectivity index (χ4n) is 2.27. The van der Waals surface area contributed by atoms with Crippen LogP contribution >= 0.6 is 0 Å². The summed E-state index contributed by atoms with van der Waals surface area (Å²) in [5.74, 6) is -2.23. The fraction of sp³-hybridized carbons (Fsp3) is 0.222. The summed E-state index contributed by atoms with van der Waals surface area (Å²) < 4.78 is 9.72. The van der Waals surface area contributed by atoms with Crippen LogP contribution in [-0.4, -0.2) is 48.4 Å². The first kappa shape index (κ1) is 18.1. The van der Waals surface area contributed by atoms with E-state index in [-0.39, 0.29) is 42.9 Å². The van der Waals surface area contributed by atoms with Crippen molar-refractivity contribution >= 4 is 23.8 Å². The number of hydrogen-bond donors (Lipinski definition) is 0. The van der Waals surface area contributed by atoms with Gasteiger partial charge in [-0.15, -0.1) is 0 Å². The Labute approximate surface area is 144 Å². The van der Waals surface area contributed by atoms with Gasteiger partial charge in [-0.2, -0.15) is 0 Å². The lowest BCUT2D eigenvalue weighted by molar-refractivity contribution is -0.142. The zero-order chi connectivity index (χ0) is 18.4. The number of imide groups is 1. The molecule has 0 bridgehead atoms. The van der Waals surface area contributed by atoms with E-state index >= 15 is 0 Å². The van der Waals surface area contributed by atoms with Gasteiger partial charge in [-0.05, 0) is 18.2 Å². The van der Waals surface area contributed by atoms with Crippen LogP contribution in [0, 0.1) is 0 Å². The standard InChI is InChI=1S/C18H17NO6/c1-3-9-24-15(20)7-8-19-16(21)13-6-5-12(11-14(13)17(19)22)18(23)25-10-4-2/h3-6,11H,1-2,7-10H2. The molecule has 1 aromatic rings. The first-order valence-electron chi connectivity index (χ1n) is 7.54. The molecule has 0 radical (unpaired) electrons. The van der Waals surface area contributed by atoms with Crippen LogP contribution in [-0.2, 0) is 14.3 Å². The summed E-state index contributed by atoms with van der Waals surface area (Å²) in [5, 5.41) is 0. The number of nitrogens with zero attached hydrogens (tertiary/aromatic N) is 1. The Bertz CT molecular complexity index is 752. The average molecular weight is 343 g/mol. The van der Waals surface area contributed by atoms with Crippen molar-refractivity contribution in [2.24, 2.45) is 0 Å². The van der Waals surface area contributed by atoms with E-state index in [0.29, 0.717) is 0 Å². The normalized spacial score (nSPS) is 12.6. The lowest BCUT2D eigenvalue weighted by atomic mass is 10.1. The van der Waals surface area contributed by atoms with E-state index in [9.17, 15) is 19.2 Å². The predicted octanol–water partition coefficient (Wildman–Crippen LogP) is 1.74. The van der Waals surface area contributed by atoms with E-state index < -0.39 is 23.8 Å². The number of esters is 2. The van der Waals surface area contributed by atoms with Gasteiger partial charge >= 0.3 is 11.9 Å². The van der Waals surface area contributed by atoms with Crippen LogP contribution in [0.2, 0.25) is 0 Å². The molecule has 2 rings (SSSR count). The van der Waals surface area contributed by atoms with E-state index in [0.717, 1.165) is 4.90 Å². The zero-order valence-corrected chi connectivity index (χ0v) is 13.5. The molecule has 0 fully saturated rings. The molecule has 0 saturated carbocycles.